The zero-order valence-electron chi connectivity index (χ0n) is 4.87. The average molecular weight is 134 g/mol. The molecular formula is C6H2N2O2. The van der Waals surface area contributed by atoms with E-state index < -0.39 is 0 Å². The molecule has 0 aromatic carbocycles. The molecular weight excluding hydrogens is 132 g/mol. The van der Waals surface area contributed by atoms with Crippen LogP contribution in [0.5, 0.6) is 11.6 Å². The molecule has 3 aliphatic heterocycles. The second-order valence-electron chi connectivity index (χ2n) is 2.08. The van der Waals surface area contributed by atoms with Crippen LogP contribution in [0.3, 0.4) is 0 Å². The Morgan fingerprint density at radius 1 is 1.40 bits per heavy atom. The highest BCUT2D eigenvalue weighted by Gasteiger charge is 2.32. The SMILES string of the molecule is c1cc2onc3c(c-2n1)O3. The minimum atomic E-state index is 0.561. The van der Waals surface area contributed by atoms with Crippen molar-refractivity contribution in [1.82, 2.24) is 10.1 Å². The maximum absolute atomic E-state index is 4.94. The molecule has 48 valence electrons. The molecule has 0 aliphatic carbocycles. The van der Waals surface area contributed by atoms with Gasteiger partial charge >= 0.3 is 5.88 Å². The minimum absolute atomic E-state index is 0.561. The van der Waals surface area contributed by atoms with Crippen molar-refractivity contribution in [3.8, 4) is 23.1 Å². The van der Waals surface area contributed by atoms with Gasteiger partial charge < -0.3 is 9.26 Å². The van der Waals surface area contributed by atoms with Crippen LogP contribution >= 0.6 is 0 Å². The molecule has 0 atom stereocenters. The standard InChI is InChI=1S/C6H2N2O2/c1-2-7-4-3(1)10-8-6-5(4)9-6/h1-2H. The molecule has 0 saturated heterocycles. The molecule has 3 rings (SSSR count). The summed E-state index contributed by atoms with van der Waals surface area (Å²) in [5, 5.41) is 3.63. The van der Waals surface area contributed by atoms with E-state index in [0.717, 1.165) is 11.4 Å². The Labute approximate surface area is 55.8 Å². The second-order valence-corrected chi connectivity index (χ2v) is 2.08. The number of aromatic nitrogens is 2. The molecule has 0 saturated carbocycles. The molecule has 0 amide bonds. The summed E-state index contributed by atoms with van der Waals surface area (Å²) in [4.78, 5) is 4.01. The Kier molecular flexibility index (Phi) is 0.484. The first-order valence-corrected chi connectivity index (χ1v) is 2.87. The Balaban J connectivity index is 2.51. The summed E-state index contributed by atoms with van der Waals surface area (Å²) in [5.74, 6) is 1.99. The van der Waals surface area contributed by atoms with Crippen LogP contribution in [0, 0.1) is 0 Å². The smallest absolute Gasteiger partial charge is 0.302 e. The highest BCUT2D eigenvalue weighted by molar-refractivity contribution is 5.71. The lowest BCUT2D eigenvalue weighted by atomic mass is 10.3. The van der Waals surface area contributed by atoms with Crippen molar-refractivity contribution in [1.29, 1.82) is 0 Å². The van der Waals surface area contributed by atoms with Crippen LogP contribution in [0.25, 0.3) is 11.5 Å². The Hall–Kier alpha value is -1.58. The van der Waals surface area contributed by atoms with Crippen molar-refractivity contribution in [2.24, 2.45) is 0 Å². The molecule has 4 nitrogen and oxygen atoms in total. The summed E-state index contributed by atoms with van der Waals surface area (Å²) < 4.78 is 9.84. The van der Waals surface area contributed by atoms with Crippen molar-refractivity contribution in [3.63, 3.8) is 0 Å². The van der Waals surface area contributed by atoms with Gasteiger partial charge in [-0.3, -0.25) is 0 Å². The van der Waals surface area contributed by atoms with Crippen molar-refractivity contribution in [2.75, 3.05) is 0 Å². The van der Waals surface area contributed by atoms with E-state index in [9.17, 15) is 0 Å². The first-order chi connectivity index (χ1) is 4.95. The van der Waals surface area contributed by atoms with Crippen LogP contribution in [-0.2, 0) is 0 Å². The third kappa shape index (κ3) is 0.344. The number of fused-ring (bicyclic) bond motifs is 3. The van der Waals surface area contributed by atoms with Crippen LogP contribution in [0.1, 0.15) is 0 Å². The van der Waals surface area contributed by atoms with Crippen LogP contribution in [0.4, 0.5) is 0 Å². The number of ether oxygens (including phenoxy) is 1. The van der Waals surface area contributed by atoms with Gasteiger partial charge in [-0.15, -0.1) is 0 Å². The topological polar surface area (TPSA) is 51.5 Å². The van der Waals surface area contributed by atoms with E-state index in [0.29, 0.717) is 11.6 Å². The second kappa shape index (κ2) is 1.13. The molecule has 0 aromatic heterocycles. The van der Waals surface area contributed by atoms with Gasteiger partial charge in [-0.1, -0.05) is 0 Å². The van der Waals surface area contributed by atoms with E-state index in [1.54, 1.807) is 12.3 Å². The molecule has 0 aromatic rings. The molecule has 0 N–H and O–H groups in total. The molecule has 0 bridgehead atoms. The lowest BCUT2D eigenvalue weighted by molar-refractivity contribution is 0.406. The van der Waals surface area contributed by atoms with Gasteiger partial charge in [-0.05, 0) is 5.16 Å². The molecule has 0 spiro atoms. The van der Waals surface area contributed by atoms with Gasteiger partial charge in [0.2, 0.25) is 5.75 Å². The first-order valence-electron chi connectivity index (χ1n) is 2.87. The molecule has 3 aliphatic rings. The Bertz CT molecular complexity index is 368. The van der Waals surface area contributed by atoms with Crippen LogP contribution in [0.2, 0.25) is 0 Å². The van der Waals surface area contributed by atoms with Gasteiger partial charge in [-0.25, -0.2) is 4.98 Å². The van der Waals surface area contributed by atoms with Crippen molar-refractivity contribution in [3.05, 3.63) is 12.3 Å². The molecule has 0 radical (unpaired) electrons. The normalized spacial score (nSPS) is 12.8. The maximum atomic E-state index is 4.94. The maximum Gasteiger partial charge on any atom is 0.302 e. The zero-order chi connectivity index (χ0) is 6.55. The summed E-state index contributed by atoms with van der Waals surface area (Å²) in [6.45, 7) is 0. The lowest BCUT2D eigenvalue weighted by Crippen LogP contribution is -1.69. The molecule has 0 fully saturated rings. The summed E-state index contributed by atoms with van der Waals surface area (Å²) in [6.07, 6.45) is 1.66. The van der Waals surface area contributed by atoms with E-state index in [4.69, 9.17) is 9.26 Å². The van der Waals surface area contributed by atoms with E-state index >= 15 is 0 Å². The van der Waals surface area contributed by atoms with Crippen molar-refractivity contribution >= 4 is 0 Å². The molecule has 3 heterocycles. The van der Waals surface area contributed by atoms with Gasteiger partial charge in [0.15, 0.2) is 11.5 Å². The van der Waals surface area contributed by atoms with Gasteiger partial charge in [0.25, 0.3) is 0 Å². The fourth-order valence-corrected chi connectivity index (χ4v) is 0.938. The van der Waals surface area contributed by atoms with Crippen molar-refractivity contribution < 1.29 is 9.26 Å². The lowest BCUT2D eigenvalue weighted by Gasteiger charge is -1.83. The van der Waals surface area contributed by atoms with E-state index in [1.165, 1.54) is 0 Å². The van der Waals surface area contributed by atoms with Crippen LogP contribution in [-0.4, -0.2) is 10.1 Å². The molecule has 0 unspecified atom stereocenters. The number of rotatable bonds is 0. The third-order valence-corrected chi connectivity index (χ3v) is 1.46. The molecule has 10 heavy (non-hydrogen) atoms. The van der Waals surface area contributed by atoms with Gasteiger partial charge in [-0.2, -0.15) is 0 Å². The Morgan fingerprint density at radius 2 is 2.40 bits per heavy atom. The summed E-state index contributed by atoms with van der Waals surface area (Å²) in [7, 11) is 0. The average Bonchev–Trinajstić information content (AvgIpc) is 2.60. The van der Waals surface area contributed by atoms with Gasteiger partial charge in [0.05, 0.1) is 0 Å². The van der Waals surface area contributed by atoms with E-state index in [1.807, 2.05) is 0 Å². The number of hydrogen-bond donors (Lipinski definition) is 0. The highest BCUT2D eigenvalue weighted by atomic mass is 16.6. The van der Waals surface area contributed by atoms with Gasteiger partial charge in [0.1, 0.15) is 0 Å². The summed E-state index contributed by atoms with van der Waals surface area (Å²) in [6, 6.07) is 1.75. The van der Waals surface area contributed by atoms with E-state index in [2.05, 4.69) is 10.1 Å². The predicted molar refractivity (Wildman–Crippen MR) is 31.0 cm³/mol. The quantitative estimate of drug-likeness (QED) is 0.434. The zero-order valence-corrected chi connectivity index (χ0v) is 4.87. The van der Waals surface area contributed by atoms with E-state index in [-0.39, 0.29) is 0 Å². The number of hydrogen-bond acceptors (Lipinski definition) is 4. The monoisotopic (exact) mass is 134 g/mol. The molecule has 4 heteroatoms. The van der Waals surface area contributed by atoms with Crippen LogP contribution in [0.15, 0.2) is 16.8 Å². The highest BCUT2D eigenvalue weighted by Crippen LogP contribution is 2.50. The number of nitrogens with zero attached hydrogens (tertiary/aromatic N) is 2. The fourth-order valence-electron chi connectivity index (χ4n) is 0.938. The summed E-state index contributed by atoms with van der Waals surface area (Å²) >= 11 is 0. The fraction of sp³-hybridized carbons (Fsp3) is 0. The third-order valence-electron chi connectivity index (χ3n) is 1.46. The minimum Gasteiger partial charge on any atom is -0.425 e. The first kappa shape index (κ1) is 4.27. The summed E-state index contributed by atoms with van der Waals surface area (Å²) in [5.41, 5.74) is 0.769. The largest absolute Gasteiger partial charge is 0.425 e. The predicted octanol–water partition coefficient (Wildman–Crippen LogP) is 1.28. The van der Waals surface area contributed by atoms with Crippen LogP contribution < -0.4 is 4.74 Å². The van der Waals surface area contributed by atoms with Gasteiger partial charge in [0, 0.05) is 12.3 Å². The Morgan fingerprint density at radius 3 is 3.40 bits per heavy atom. The van der Waals surface area contributed by atoms with Crippen molar-refractivity contribution in [2.45, 2.75) is 0 Å².